The molecule has 6 heteroatoms. The number of rotatable bonds is 5. The number of aromatic nitrogens is 2. The highest BCUT2D eigenvalue weighted by Gasteiger charge is 2.16. The summed E-state index contributed by atoms with van der Waals surface area (Å²) in [5.74, 6) is -0.192. The molecule has 2 N–H and O–H groups in total. The molecule has 20 heavy (non-hydrogen) atoms. The van der Waals surface area contributed by atoms with Crippen LogP contribution in [0.3, 0.4) is 0 Å². The first-order valence-corrected chi connectivity index (χ1v) is 7.37. The molecule has 0 saturated carbocycles. The van der Waals surface area contributed by atoms with Crippen LogP contribution in [0.2, 0.25) is 0 Å². The first-order chi connectivity index (χ1) is 9.61. The highest BCUT2D eigenvalue weighted by atomic mass is 32.1. The molecule has 0 bridgehead atoms. The molecule has 1 atom stereocenters. The van der Waals surface area contributed by atoms with Gasteiger partial charge in [0.15, 0.2) is 0 Å². The number of anilines is 1. The summed E-state index contributed by atoms with van der Waals surface area (Å²) in [6.07, 6.45) is 0. The SMILES string of the molecule is CCNc1nnc(C(=O)NC(C)c2ccccc2C)s1. The summed E-state index contributed by atoms with van der Waals surface area (Å²) in [6.45, 7) is 6.73. The minimum Gasteiger partial charge on any atom is -0.360 e. The van der Waals surface area contributed by atoms with Gasteiger partial charge in [-0.3, -0.25) is 4.79 Å². The molecule has 0 aliphatic heterocycles. The van der Waals surface area contributed by atoms with Crippen molar-refractivity contribution in [1.82, 2.24) is 15.5 Å². The Bertz CT molecular complexity index is 596. The van der Waals surface area contributed by atoms with Crippen LogP contribution in [0.1, 0.15) is 40.8 Å². The third kappa shape index (κ3) is 3.33. The highest BCUT2D eigenvalue weighted by Crippen LogP contribution is 2.19. The second kappa shape index (κ2) is 6.47. The van der Waals surface area contributed by atoms with E-state index in [0.29, 0.717) is 10.1 Å². The van der Waals surface area contributed by atoms with E-state index in [2.05, 4.69) is 20.8 Å². The van der Waals surface area contributed by atoms with Crippen molar-refractivity contribution in [2.45, 2.75) is 26.8 Å². The normalized spacial score (nSPS) is 11.9. The summed E-state index contributed by atoms with van der Waals surface area (Å²) in [6, 6.07) is 7.95. The van der Waals surface area contributed by atoms with E-state index >= 15 is 0 Å². The fourth-order valence-electron chi connectivity index (χ4n) is 1.95. The van der Waals surface area contributed by atoms with Crippen LogP contribution in [0.5, 0.6) is 0 Å². The Hall–Kier alpha value is -1.95. The Labute approximate surface area is 122 Å². The van der Waals surface area contributed by atoms with Gasteiger partial charge in [0, 0.05) is 6.54 Å². The van der Waals surface area contributed by atoms with Crippen LogP contribution in [-0.2, 0) is 0 Å². The molecule has 0 saturated heterocycles. The van der Waals surface area contributed by atoms with Crippen molar-refractivity contribution in [3.05, 3.63) is 40.4 Å². The molecule has 0 aliphatic rings. The molecule has 1 aromatic heterocycles. The van der Waals surface area contributed by atoms with Crippen molar-refractivity contribution >= 4 is 22.4 Å². The Morgan fingerprint density at radius 3 is 2.80 bits per heavy atom. The zero-order chi connectivity index (χ0) is 14.5. The van der Waals surface area contributed by atoms with E-state index < -0.39 is 0 Å². The standard InChI is InChI=1S/C14H18N4OS/c1-4-15-14-18-17-13(20-14)12(19)16-10(3)11-8-6-5-7-9(11)2/h5-8,10H,4H2,1-3H3,(H,15,18)(H,16,19). The number of nitrogens with zero attached hydrogens (tertiary/aromatic N) is 2. The van der Waals surface area contributed by atoms with E-state index in [1.165, 1.54) is 11.3 Å². The third-order valence-corrected chi connectivity index (χ3v) is 3.83. The molecule has 2 aromatic rings. The van der Waals surface area contributed by atoms with Crippen LogP contribution in [0, 0.1) is 6.92 Å². The Kier molecular flexibility index (Phi) is 4.68. The number of hydrogen-bond acceptors (Lipinski definition) is 5. The van der Waals surface area contributed by atoms with Crippen LogP contribution in [0.4, 0.5) is 5.13 Å². The van der Waals surface area contributed by atoms with Crippen LogP contribution in [-0.4, -0.2) is 22.6 Å². The first kappa shape index (κ1) is 14.5. The maximum absolute atomic E-state index is 12.1. The molecule has 1 heterocycles. The summed E-state index contributed by atoms with van der Waals surface area (Å²) in [5.41, 5.74) is 2.27. The average Bonchev–Trinajstić information content (AvgIpc) is 2.88. The Morgan fingerprint density at radius 2 is 2.10 bits per heavy atom. The maximum atomic E-state index is 12.1. The second-order valence-corrected chi connectivity index (χ2v) is 5.47. The molecule has 5 nitrogen and oxygen atoms in total. The molecular weight excluding hydrogens is 272 g/mol. The molecule has 2 rings (SSSR count). The van der Waals surface area contributed by atoms with E-state index in [1.54, 1.807) is 0 Å². The molecule has 0 radical (unpaired) electrons. The van der Waals surface area contributed by atoms with Gasteiger partial charge in [0.05, 0.1) is 6.04 Å². The number of aryl methyl sites for hydroxylation is 1. The Morgan fingerprint density at radius 1 is 1.35 bits per heavy atom. The highest BCUT2D eigenvalue weighted by molar-refractivity contribution is 7.17. The number of carbonyl (C=O) groups is 1. The zero-order valence-corrected chi connectivity index (χ0v) is 12.6. The van der Waals surface area contributed by atoms with Crippen LogP contribution in [0.25, 0.3) is 0 Å². The number of amides is 1. The van der Waals surface area contributed by atoms with Gasteiger partial charge in [0.25, 0.3) is 5.91 Å². The van der Waals surface area contributed by atoms with Crippen LogP contribution in [0.15, 0.2) is 24.3 Å². The lowest BCUT2D eigenvalue weighted by atomic mass is 10.0. The van der Waals surface area contributed by atoms with E-state index in [4.69, 9.17) is 0 Å². The number of benzene rings is 1. The third-order valence-electron chi connectivity index (χ3n) is 2.95. The van der Waals surface area contributed by atoms with Gasteiger partial charge in [-0.1, -0.05) is 35.6 Å². The lowest BCUT2D eigenvalue weighted by Gasteiger charge is -2.15. The Balaban J connectivity index is 2.05. The van der Waals surface area contributed by atoms with E-state index in [1.807, 2.05) is 45.0 Å². The molecule has 0 aliphatic carbocycles. The topological polar surface area (TPSA) is 66.9 Å². The first-order valence-electron chi connectivity index (χ1n) is 6.55. The lowest BCUT2D eigenvalue weighted by molar-refractivity contribution is 0.0938. The van der Waals surface area contributed by atoms with E-state index in [9.17, 15) is 4.79 Å². The molecule has 1 unspecified atom stereocenters. The van der Waals surface area contributed by atoms with Gasteiger partial charge < -0.3 is 10.6 Å². The summed E-state index contributed by atoms with van der Waals surface area (Å²) in [4.78, 5) is 12.1. The van der Waals surface area contributed by atoms with Crippen LogP contribution < -0.4 is 10.6 Å². The predicted molar refractivity (Wildman–Crippen MR) is 81.1 cm³/mol. The van der Waals surface area contributed by atoms with Gasteiger partial charge in [-0.05, 0) is 31.9 Å². The summed E-state index contributed by atoms with van der Waals surface area (Å²) < 4.78 is 0. The largest absolute Gasteiger partial charge is 0.360 e. The molecule has 106 valence electrons. The van der Waals surface area contributed by atoms with Gasteiger partial charge in [-0.2, -0.15) is 0 Å². The van der Waals surface area contributed by atoms with Crippen LogP contribution >= 0.6 is 11.3 Å². The number of carbonyl (C=O) groups excluding carboxylic acids is 1. The summed E-state index contributed by atoms with van der Waals surface area (Å²) >= 11 is 1.26. The smallest absolute Gasteiger partial charge is 0.282 e. The monoisotopic (exact) mass is 290 g/mol. The number of hydrogen-bond donors (Lipinski definition) is 2. The van der Waals surface area contributed by atoms with Gasteiger partial charge in [-0.25, -0.2) is 0 Å². The fourth-order valence-corrected chi connectivity index (χ4v) is 2.66. The quantitative estimate of drug-likeness (QED) is 0.888. The predicted octanol–water partition coefficient (Wildman–Crippen LogP) is 2.77. The van der Waals surface area contributed by atoms with E-state index in [-0.39, 0.29) is 11.9 Å². The average molecular weight is 290 g/mol. The summed E-state index contributed by atoms with van der Waals surface area (Å²) in [7, 11) is 0. The van der Waals surface area contributed by atoms with Gasteiger partial charge in [-0.15, -0.1) is 10.2 Å². The fraction of sp³-hybridized carbons (Fsp3) is 0.357. The van der Waals surface area contributed by atoms with Crippen molar-refractivity contribution in [3.8, 4) is 0 Å². The van der Waals surface area contributed by atoms with Gasteiger partial charge in [0.1, 0.15) is 0 Å². The minimum absolute atomic E-state index is 0.0600. The zero-order valence-electron chi connectivity index (χ0n) is 11.8. The number of nitrogens with one attached hydrogen (secondary N) is 2. The van der Waals surface area contributed by atoms with E-state index in [0.717, 1.165) is 17.7 Å². The molecule has 1 amide bonds. The van der Waals surface area contributed by atoms with Crippen molar-refractivity contribution < 1.29 is 4.79 Å². The van der Waals surface area contributed by atoms with Crippen molar-refractivity contribution in [2.24, 2.45) is 0 Å². The minimum atomic E-state index is -0.192. The lowest BCUT2D eigenvalue weighted by Crippen LogP contribution is -2.27. The van der Waals surface area contributed by atoms with Crippen molar-refractivity contribution in [3.63, 3.8) is 0 Å². The second-order valence-electron chi connectivity index (χ2n) is 4.49. The molecule has 0 fully saturated rings. The van der Waals surface area contributed by atoms with Crippen molar-refractivity contribution in [2.75, 3.05) is 11.9 Å². The maximum Gasteiger partial charge on any atom is 0.282 e. The summed E-state index contributed by atoms with van der Waals surface area (Å²) in [5, 5.41) is 14.9. The van der Waals surface area contributed by atoms with Gasteiger partial charge in [0.2, 0.25) is 10.1 Å². The molecule has 0 spiro atoms. The van der Waals surface area contributed by atoms with Crippen molar-refractivity contribution in [1.29, 1.82) is 0 Å². The molecule has 1 aromatic carbocycles. The molecular formula is C14H18N4OS. The van der Waals surface area contributed by atoms with Gasteiger partial charge >= 0.3 is 0 Å².